The first-order valence-corrected chi connectivity index (χ1v) is 9.71. The molecule has 0 radical (unpaired) electrons. The highest BCUT2D eigenvalue weighted by Crippen LogP contribution is 2.24. The summed E-state index contributed by atoms with van der Waals surface area (Å²) in [4.78, 5) is 22.8. The van der Waals surface area contributed by atoms with Crippen LogP contribution in [0.25, 0.3) is 22.6 Å². The highest BCUT2D eigenvalue weighted by molar-refractivity contribution is 7.98. The molecule has 4 aromatic rings. The van der Waals surface area contributed by atoms with E-state index in [9.17, 15) is 4.79 Å². The minimum atomic E-state index is -0.148. The van der Waals surface area contributed by atoms with Crippen LogP contribution in [0.2, 0.25) is 0 Å². The van der Waals surface area contributed by atoms with Crippen LogP contribution in [0.1, 0.15) is 10.4 Å². The molecule has 134 valence electrons. The van der Waals surface area contributed by atoms with Gasteiger partial charge in [0, 0.05) is 35.0 Å². The van der Waals surface area contributed by atoms with Gasteiger partial charge in [0.15, 0.2) is 5.65 Å². The van der Waals surface area contributed by atoms with Crippen LogP contribution in [-0.2, 0) is 7.05 Å². The molecule has 0 bridgehead atoms. The van der Waals surface area contributed by atoms with Gasteiger partial charge in [0.2, 0.25) is 0 Å². The first-order chi connectivity index (χ1) is 13.2. The Morgan fingerprint density at radius 3 is 2.63 bits per heavy atom. The second-order valence-corrected chi connectivity index (χ2v) is 6.98. The van der Waals surface area contributed by atoms with Crippen molar-refractivity contribution >= 4 is 34.5 Å². The molecule has 0 unspecified atom stereocenters. The van der Waals surface area contributed by atoms with Crippen LogP contribution >= 0.6 is 11.8 Å². The molecule has 6 heteroatoms. The monoisotopic (exact) mass is 374 g/mol. The lowest BCUT2D eigenvalue weighted by Gasteiger charge is -2.08. The number of carbonyl (C=O) groups excluding carboxylic acids is 1. The summed E-state index contributed by atoms with van der Waals surface area (Å²) in [7, 11) is 1.93. The summed E-state index contributed by atoms with van der Waals surface area (Å²) in [5, 5.41) is 2.94. The Bertz CT molecular complexity index is 1120. The normalized spacial score (nSPS) is 10.9. The summed E-state index contributed by atoms with van der Waals surface area (Å²) in [6.07, 6.45) is 3.77. The quantitative estimate of drug-likeness (QED) is 0.530. The third-order valence-electron chi connectivity index (χ3n) is 4.36. The number of aromatic nitrogens is 3. The zero-order valence-corrected chi connectivity index (χ0v) is 15.8. The Morgan fingerprint density at radius 2 is 1.89 bits per heavy atom. The number of fused-ring (bicyclic) bond motifs is 1. The minimum absolute atomic E-state index is 0.148. The lowest BCUT2D eigenvalue weighted by Crippen LogP contribution is -2.12. The molecule has 0 aliphatic rings. The van der Waals surface area contributed by atoms with Crippen LogP contribution in [0.4, 0.5) is 5.69 Å². The molecule has 0 aliphatic carbocycles. The maximum Gasteiger partial charge on any atom is 0.255 e. The first-order valence-electron chi connectivity index (χ1n) is 8.49. The van der Waals surface area contributed by atoms with E-state index in [4.69, 9.17) is 0 Å². The topological polar surface area (TPSA) is 59.8 Å². The molecule has 1 N–H and O–H groups in total. The van der Waals surface area contributed by atoms with Crippen LogP contribution in [-0.4, -0.2) is 26.7 Å². The number of amides is 1. The molecule has 5 nitrogen and oxygen atoms in total. The molecule has 0 fully saturated rings. The van der Waals surface area contributed by atoms with Gasteiger partial charge in [-0.15, -0.1) is 11.8 Å². The van der Waals surface area contributed by atoms with E-state index >= 15 is 0 Å². The van der Waals surface area contributed by atoms with Gasteiger partial charge in [-0.2, -0.15) is 0 Å². The number of nitrogens with one attached hydrogen (secondary N) is 1. The van der Waals surface area contributed by atoms with Gasteiger partial charge >= 0.3 is 0 Å². The van der Waals surface area contributed by atoms with Gasteiger partial charge in [0.1, 0.15) is 11.3 Å². The Morgan fingerprint density at radius 1 is 1.07 bits per heavy atom. The minimum Gasteiger partial charge on any atom is -0.322 e. The van der Waals surface area contributed by atoms with Crippen molar-refractivity contribution in [3.63, 3.8) is 0 Å². The zero-order valence-electron chi connectivity index (χ0n) is 15.0. The van der Waals surface area contributed by atoms with Gasteiger partial charge in [-0.3, -0.25) is 4.79 Å². The van der Waals surface area contributed by atoms with Crippen LogP contribution in [0.3, 0.4) is 0 Å². The summed E-state index contributed by atoms with van der Waals surface area (Å²) in [6.45, 7) is 0. The number of hydrogen-bond donors (Lipinski definition) is 1. The number of carbonyl (C=O) groups is 1. The lowest BCUT2D eigenvalue weighted by atomic mass is 10.1. The summed E-state index contributed by atoms with van der Waals surface area (Å²) in [5.74, 6) is 0.633. The standard InChI is InChI=1S/C21H18N4OS/c1-25-19(24-18-7-4-12-22-20(18)25)14-5-3-6-15(13-14)21(26)23-16-8-10-17(27-2)11-9-16/h3-13H,1-2H3,(H,23,26). The maximum absolute atomic E-state index is 12.7. The molecule has 2 heterocycles. The van der Waals surface area contributed by atoms with Crippen molar-refractivity contribution in [1.29, 1.82) is 0 Å². The lowest BCUT2D eigenvalue weighted by molar-refractivity contribution is 0.102. The van der Waals surface area contributed by atoms with Crippen molar-refractivity contribution in [3.8, 4) is 11.4 Å². The molecule has 0 saturated heterocycles. The molecule has 0 atom stereocenters. The highest BCUT2D eigenvalue weighted by Gasteiger charge is 2.13. The summed E-state index contributed by atoms with van der Waals surface area (Å²) >= 11 is 1.67. The Balaban J connectivity index is 1.63. The van der Waals surface area contributed by atoms with Crippen molar-refractivity contribution in [2.45, 2.75) is 4.90 Å². The smallest absolute Gasteiger partial charge is 0.255 e. The molecule has 27 heavy (non-hydrogen) atoms. The van der Waals surface area contributed by atoms with Gasteiger partial charge < -0.3 is 9.88 Å². The van der Waals surface area contributed by atoms with Gasteiger partial charge in [-0.1, -0.05) is 12.1 Å². The number of anilines is 1. The highest BCUT2D eigenvalue weighted by atomic mass is 32.2. The average molecular weight is 374 g/mol. The summed E-state index contributed by atoms with van der Waals surface area (Å²) in [6, 6.07) is 19.1. The second kappa shape index (κ2) is 7.25. The molecular formula is C21H18N4OS. The van der Waals surface area contributed by atoms with Gasteiger partial charge in [-0.25, -0.2) is 9.97 Å². The van der Waals surface area contributed by atoms with Gasteiger partial charge in [0.05, 0.1) is 0 Å². The van der Waals surface area contributed by atoms with E-state index in [1.54, 1.807) is 24.0 Å². The number of rotatable bonds is 4. The van der Waals surface area contributed by atoms with E-state index in [-0.39, 0.29) is 5.91 Å². The fourth-order valence-electron chi connectivity index (χ4n) is 2.96. The third kappa shape index (κ3) is 3.44. The molecular weight excluding hydrogens is 356 g/mol. The molecule has 4 rings (SSSR count). The molecule has 1 amide bonds. The number of aryl methyl sites for hydroxylation is 1. The van der Waals surface area contributed by atoms with E-state index in [1.807, 2.05) is 72.5 Å². The first kappa shape index (κ1) is 17.3. The van der Waals surface area contributed by atoms with E-state index in [0.717, 1.165) is 33.1 Å². The molecule has 2 aromatic heterocycles. The predicted molar refractivity (Wildman–Crippen MR) is 110 cm³/mol. The van der Waals surface area contributed by atoms with Crippen molar-refractivity contribution < 1.29 is 4.79 Å². The number of pyridine rings is 1. The molecule has 2 aromatic carbocycles. The second-order valence-electron chi connectivity index (χ2n) is 6.10. The molecule has 0 spiro atoms. The zero-order chi connectivity index (χ0) is 18.8. The van der Waals surface area contributed by atoms with Crippen molar-refractivity contribution in [2.24, 2.45) is 7.05 Å². The van der Waals surface area contributed by atoms with E-state index in [0.29, 0.717) is 5.56 Å². The van der Waals surface area contributed by atoms with E-state index < -0.39 is 0 Å². The van der Waals surface area contributed by atoms with E-state index in [1.165, 1.54) is 0 Å². The molecule has 0 saturated carbocycles. The summed E-state index contributed by atoms with van der Waals surface area (Å²) in [5.41, 5.74) is 3.88. The largest absolute Gasteiger partial charge is 0.322 e. The van der Waals surface area contributed by atoms with Gasteiger partial charge in [0.25, 0.3) is 5.91 Å². The molecule has 0 aliphatic heterocycles. The number of benzene rings is 2. The van der Waals surface area contributed by atoms with Crippen LogP contribution in [0.5, 0.6) is 0 Å². The fraction of sp³-hybridized carbons (Fsp3) is 0.0952. The van der Waals surface area contributed by atoms with Crippen molar-refractivity contribution in [1.82, 2.24) is 14.5 Å². The van der Waals surface area contributed by atoms with Crippen molar-refractivity contribution in [3.05, 3.63) is 72.4 Å². The van der Waals surface area contributed by atoms with Crippen LogP contribution in [0, 0.1) is 0 Å². The number of hydrogen-bond acceptors (Lipinski definition) is 4. The Kier molecular flexibility index (Phi) is 4.64. The fourth-order valence-corrected chi connectivity index (χ4v) is 3.37. The van der Waals surface area contributed by atoms with Gasteiger partial charge in [-0.05, 0) is 54.8 Å². The Hall–Kier alpha value is -3.12. The summed E-state index contributed by atoms with van der Waals surface area (Å²) < 4.78 is 1.94. The number of imidazole rings is 1. The predicted octanol–water partition coefficient (Wildman–Crippen LogP) is 4.61. The van der Waals surface area contributed by atoms with Crippen molar-refractivity contribution in [2.75, 3.05) is 11.6 Å². The maximum atomic E-state index is 12.7. The Labute approximate surface area is 161 Å². The van der Waals surface area contributed by atoms with Crippen LogP contribution in [0.15, 0.2) is 71.8 Å². The van der Waals surface area contributed by atoms with E-state index in [2.05, 4.69) is 15.3 Å². The number of thioether (sulfide) groups is 1. The van der Waals surface area contributed by atoms with Crippen LogP contribution < -0.4 is 5.32 Å². The third-order valence-corrected chi connectivity index (χ3v) is 5.10. The SMILES string of the molecule is CSc1ccc(NC(=O)c2cccc(-c3nc4cccnc4n3C)c2)cc1. The number of nitrogens with zero attached hydrogens (tertiary/aromatic N) is 3. The average Bonchev–Trinajstić information content (AvgIpc) is 3.05.